The average molecular weight is 379 g/mol. The molecular formula is C23H25NO4. The number of ketones is 1. The third-order valence-corrected chi connectivity index (χ3v) is 5.07. The van der Waals surface area contributed by atoms with Gasteiger partial charge in [0.05, 0.1) is 5.56 Å². The lowest BCUT2D eigenvalue weighted by molar-refractivity contribution is -0.124. The molecule has 1 aliphatic rings. The normalized spacial score (nSPS) is 14.3. The summed E-state index contributed by atoms with van der Waals surface area (Å²) in [5.74, 6) is -0.438. The Morgan fingerprint density at radius 3 is 2.11 bits per heavy atom. The summed E-state index contributed by atoms with van der Waals surface area (Å²) in [6.45, 7) is 0.350. The lowest BCUT2D eigenvalue weighted by Gasteiger charge is -2.21. The highest BCUT2D eigenvalue weighted by Gasteiger charge is 2.16. The molecule has 1 N–H and O–H groups in total. The molecule has 0 saturated heterocycles. The highest BCUT2D eigenvalue weighted by Crippen LogP contribution is 2.22. The zero-order valence-electron chi connectivity index (χ0n) is 15.9. The van der Waals surface area contributed by atoms with Crippen molar-refractivity contribution in [1.82, 2.24) is 5.32 Å². The molecule has 5 nitrogen and oxygen atoms in total. The smallest absolute Gasteiger partial charge is 0.338 e. The van der Waals surface area contributed by atoms with Crippen LogP contribution in [0.1, 0.15) is 58.4 Å². The van der Waals surface area contributed by atoms with Crippen LogP contribution in [0, 0.1) is 5.92 Å². The maximum Gasteiger partial charge on any atom is 0.338 e. The summed E-state index contributed by atoms with van der Waals surface area (Å²) in [4.78, 5) is 36.4. The Bertz CT molecular complexity index is 808. The molecule has 1 amide bonds. The van der Waals surface area contributed by atoms with Gasteiger partial charge in [-0.1, -0.05) is 61.7 Å². The van der Waals surface area contributed by atoms with Gasteiger partial charge in [-0.3, -0.25) is 9.59 Å². The van der Waals surface area contributed by atoms with Gasteiger partial charge in [0.25, 0.3) is 5.91 Å². The number of hydrogen-bond donors (Lipinski definition) is 1. The van der Waals surface area contributed by atoms with Crippen LogP contribution >= 0.6 is 0 Å². The fourth-order valence-corrected chi connectivity index (χ4v) is 3.43. The molecule has 1 aliphatic carbocycles. The van der Waals surface area contributed by atoms with Crippen LogP contribution in [0.25, 0.3) is 0 Å². The average Bonchev–Trinajstić information content (AvgIpc) is 2.77. The van der Waals surface area contributed by atoms with E-state index in [1.165, 1.54) is 19.3 Å². The molecule has 0 bridgehead atoms. The highest BCUT2D eigenvalue weighted by atomic mass is 16.5. The van der Waals surface area contributed by atoms with Gasteiger partial charge in [-0.05, 0) is 30.9 Å². The number of rotatable bonds is 7. The Morgan fingerprint density at radius 1 is 0.821 bits per heavy atom. The second kappa shape index (κ2) is 9.83. The van der Waals surface area contributed by atoms with Crippen molar-refractivity contribution in [2.24, 2.45) is 5.92 Å². The molecule has 1 saturated carbocycles. The Kier molecular flexibility index (Phi) is 6.95. The molecule has 2 aromatic carbocycles. The number of nitrogens with one attached hydrogen (secondary N) is 1. The van der Waals surface area contributed by atoms with Gasteiger partial charge in [0.2, 0.25) is 0 Å². The fraction of sp³-hybridized carbons (Fsp3) is 0.348. The summed E-state index contributed by atoms with van der Waals surface area (Å²) in [7, 11) is 0. The molecular weight excluding hydrogens is 354 g/mol. The third-order valence-electron chi connectivity index (χ3n) is 5.07. The number of amides is 1. The van der Waals surface area contributed by atoms with E-state index in [-0.39, 0.29) is 18.3 Å². The van der Waals surface area contributed by atoms with Crippen LogP contribution in [-0.2, 0) is 9.53 Å². The van der Waals surface area contributed by atoms with Crippen LogP contribution in [-0.4, -0.2) is 30.8 Å². The van der Waals surface area contributed by atoms with E-state index in [2.05, 4.69) is 5.32 Å². The van der Waals surface area contributed by atoms with Gasteiger partial charge < -0.3 is 10.1 Å². The summed E-state index contributed by atoms with van der Waals surface area (Å²) < 4.78 is 5.08. The Labute approximate surface area is 165 Å². The van der Waals surface area contributed by atoms with Crippen molar-refractivity contribution in [1.29, 1.82) is 0 Å². The van der Waals surface area contributed by atoms with Crippen molar-refractivity contribution in [3.63, 3.8) is 0 Å². The van der Waals surface area contributed by atoms with Gasteiger partial charge in [-0.2, -0.15) is 0 Å². The van der Waals surface area contributed by atoms with E-state index in [1.54, 1.807) is 48.5 Å². The zero-order chi connectivity index (χ0) is 19.8. The van der Waals surface area contributed by atoms with Crippen molar-refractivity contribution in [3.05, 3.63) is 71.3 Å². The van der Waals surface area contributed by atoms with E-state index < -0.39 is 5.97 Å². The molecule has 0 spiro atoms. The molecule has 2 aromatic rings. The van der Waals surface area contributed by atoms with E-state index in [1.807, 2.05) is 6.07 Å². The molecule has 28 heavy (non-hydrogen) atoms. The van der Waals surface area contributed by atoms with Crippen molar-refractivity contribution < 1.29 is 19.1 Å². The maximum absolute atomic E-state index is 12.4. The molecule has 0 radical (unpaired) electrons. The predicted molar refractivity (Wildman–Crippen MR) is 106 cm³/mol. The number of esters is 1. The van der Waals surface area contributed by atoms with Gasteiger partial charge in [0.15, 0.2) is 12.4 Å². The molecule has 0 unspecified atom stereocenters. The molecule has 3 rings (SSSR count). The summed E-state index contributed by atoms with van der Waals surface area (Å²) in [6.07, 6.45) is 6.01. The minimum atomic E-state index is -0.577. The fourth-order valence-electron chi connectivity index (χ4n) is 3.43. The van der Waals surface area contributed by atoms with Crippen LogP contribution in [0.5, 0.6) is 0 Å². The largest absolute Gasteiger partial charge is 0.452 e. The second-order valence-corrected chi connectivity index (χ2v) is 7.16. The van der Waals surface area contributed by atoms with Crippen LogP contribution in [0.2, 0.25) is 0 Å². The quantitative estimate of drug-likeness (QED) is 0.587. The topological polar surface area (TPSA) is 72.5 Å². The lowest BCUT2D eigenvalue weighted by Crippen LogP contribution is -2.33. The Hall–Kier alpha value is -2.95. The van der Waals surface area contributed by atoms with Crippen molar-refractivity contribution >= 4 is 17.7 Å². The van der Waals surface area contributed by atoms with E-state index in [0.717, 1.165) is 12.8 Å². The molecule has 146 valence electrons. The molecule has 0 aliphatic heterocycles. The minimum absolute atomic E-state index is 0.109. The van der Waals surface area contributed by atoms with Gasteiger partial charge in [-0.25, -0.2) is 4.79 Å². The van der Waals surface area contributed by atoms with Crippen LogP contribution in [0.15, 0.2) is 54.6 Å². The van der Waals surface area contributed by atoms with Gasteiger partial charge >= 0.3 is 5.97 Å². The van der Waals surface area contributed by atoms with Crippen LogP contribution in [0.4, 0.5) is 0 Å². The van der Waals surface area contributed by atoms with Crippen LogP contribution in [0.3, 0.4) is 0 Å². The first-order valence-corrected chi connectivity index (χ1v) is 9.77. The SMILES string of the molecule is O=C(COC(=O)c1ccc(C(=O)c2ccccc2)cc1)NCC1CCCCC1. The van der Waals surface area contributed by atoms with Gasteiger partial charge in [0, 0.05) is 17.7 Å². The monoisotopic (exact) mass is 379 g/mol. The van der Waals surface area contributed by atoms with Gasteiger partial charge in [0.1, 0.15) is 0 Å². The third kappa shape index (κ3) is 5.52. The van der Waals surface area contributed by atoms with Crippen molar-refractivity contribution in [2.45, 2.75) is 32.1 Å². The minimum Gasteiger partial charge on any atom is -0.452 e. The van der Waals surface area contributed by atoms with E-state index in [4.69, 9.17) is 4.74 Å². The zero-order valence-corrected chi connectivity index (χ0v) is 15.9. The Balaban J connectivity index is 1.46. The second-order valence-electron chi connectivity index (χ2n) is 7.16. The maximum atomic E-state index is 12.4. The number of hydrogen-bond acceptors (Lipinski definition) is 4. The highest BCUT2D eigenvalue weighted by molar-refractivity contribution is 6.09. The first kappa shape index (κ1) is 19.8. The number of carbonyl (C=O) groups is 3. The summed E-state index contributed by atoms with van der Waals surface area (Å²) in [6, 6.07) is 15.2. The molecule has 1 fully saturated rings. The lowest BCUT2D eigenvalue weighted by atomic mass is 9.89. The van der Waals surface area contributed by atoms with Crippen LogP contribution < -0.4 is 5.32 Å². The molecule has 0 heterocycles. The predicted octanol–water partition coefficient (Wildman–Crippen LogP) is 3.77. The first-order chi connectivity index (χ1) is 13.6. The molecule has 0 atom stereocenters. The first-order valence-electron chi connectivity index (χ1n) is 9.77. The number of carbonyl (C=O) groups excluding carboxylic acids is 3. The van der Waals surface area contributed by atoms with E-state index >= 15 is 0 Å². The number of benzene rings is 2. The molecule has 5 heteroatoms. The molecule has 0 aromatic heterocycles. The standard InChI is InChI=1S/C23H25NO4/c25-21(24-15-17-7-3-1-4-8-17)16-28-23(27)20-13-11-19(12-14-20)22(26)18-9-5-2-6-10-18/h2,5-6,9-14,17H,1,3-4,7-8,15-16H2,(H,24,25). The Morgan fingerprint density at radius 2 is 1.43 bits per heavy atom. The van der Waals surface area contributed by atoms with E-state index in [0.29, 0.717) is 29.2 Å². The summed E-state index contributed by atoms with van der Waals surface area (Å²) >= 11 is 0. The summed E-state index contributed by atoms with van der Waals surface area (Å²) in [5.41, 5.74) is 1.39. The van der Waals surface area contributed by atoms with Crippen molar-refractivity contribution in [2.75, 3.05) is 13.2 Å². The van der Waals surface area contributed by atoms with E-state index in [9.17, 15) is 14.4 Å². The van der Waals surface area contributed by atoms with Crippen molar-refractivity contribution in [3.8, 4) is 0 Å². The number of ether oxygens (including phenoxy) is 1. The summed E-state index contributed by atoms with van der Waals surface area (Å²) in [5, 5.41) is 2.84. The van der Waals surface area contributed by atoms with Gasteiger partial charge in [-0.15, -0.1) is 0 Å².